The normalized spacial score (nSPS) is 18.8. The Morgan fingerprint density at radius 2 is 1.63 bits per heavy atom. The zero-order valence-electron chi connectivity index (χ0n) is 16.6. The molecule has 0 saturated carbocycles. The number of nitrogens with zero attached hydrogens (tertiary/aromatic N) is 1. The van der Waals surface area contributed by atoms with E-state index in [1.807, 2.05) is 0 Å². The molecule has 4 rings (SSSR count). The number of likely N-dealkylation sites (tertiary alicyclic amines) is 1. The third-order valence-electron chi connectivity index (χ3n) is 5.69. The van der Waals surface area contributed by atoms with Crippen LogP contribution in [0.4, 0.5) is 34.6 Å². The Morgan fingerprint density at radius 1 is 0.967 bits per heavy atom. The fraction of sp³-hybridized carbons (Fsp3) is 0.455. The smallest absolute Gasteiger partial charge is 0.384 e. The van der Waals surface area contributed by atoms with Crippen LogP contribution in [0.15, 0.2) is 42.5 Å². The molecule has 2 aliphatic heterocycles. The van der Waals surface area contributed by atoms with Gasteiger partial charge in [-0.2, -0.15) is 13.2 Å². The van der Waals surface area contributed by atoms with Gasteiger partial charge in [-0.3, -0.25) is 0 Å². The second-order valence-electron chi connectivity index (χ2n) is 8.22. The minimum atomic E-state index is -4.50. The minimum Gasteiger partial charge on any atom is -0.384 e. The van der Waals surface area contributed by atoms with E-state index >= 15 is 0 Å². The molecule has 2 fully saturated rings. The Hall–Kier alpha value is -2.32. The van der Waals surface area contributed by atoms with Gasteiger partial charge in [0.1, 0.15) is 5.82 Å². The number of rotatable bonds is 7. The average molecular weight is 423 g/mol. The van der Waals surface area contributed by atoms with Crippen LogP contribution in [0.5, 0.6) is 0 Å². The predicted octanol–water partition coefficient (Wildman–Crippen LogP) is 5.11. The molecule has 2 aromatic carbocycles. The van der Waals surface area contributed by atoms with Gasteiger partial charge in [0.2, 0.25) is 0 Å². The lowest BCUT2D eigenvalue weighted by molar-refractivity contribution is -0.137. The number of halogens is 4. The van der Waals surface area contributed by atoms with Crippen molar-refractivity contribution >= 4 is 17.1 Å². The first-order valence-corrected chi connectivity index (χ1v) is 10.1. The largest absolute Gasteiger partial charge is 0.418 e. The summed E-state index contributed by atoms with van der Waals surface area (Å²) in [5.74, 6) is -0.404. The fourth-order valence-electron chi connectivity index (χ4n) is 4.05. The molecule has 2 aliphatic rings. The molecule has 0 spiro atoms. The Kier molecular flexibility index (Phi) is 5.88. The number of nitrogens with one attached hydrogen (secondary N) is 2. The monoisotopic (exact) mass is 423 g/mol. The number of ether oxygens (including phenoxy) is 1. The summed E-state index contributed by atoms with van der Waals surface area (Å²) in [7, 11) is 0. The Bertz CT molecular complexity index is 860. The molecular weight excluding hydrogens is 398 g/mol. The highest BCUT2D eigenvalue weighted by Gasteiger charge is 2.41. The number of hydrogen-bond acceptors (Lipinski definition) is 4. The molecule has 4 nitrogen and oxygen atoms in total. The van der Waals surface area contributed by atoms with Crippen molar-refractivity contribution in [2.75, 3.05) is 50.0 Å². The zero-order chi connectivity index (χ0) is 21.2. The van der Waals surface area contributed by atoms with Crippen LogP contribution in [0, 0.1) is 11.2 Å². The van der Waals surface area contributed by atoms with E-state index in [0.29, 0.717) is 31.1 Å². The highest BCUT2D eigenvalue weighted by atomic mass is 19.4. The van der Waals surface area contributed by atoms with Crippen LogP contribution in [-0.4, -0.2) is 44.3 Å². The van der Waals surface area contributed by atoms with Crippen molar-refractivity contribution in [3.63, 3.8) is 0 Å². The van der Waals surface area contributed by atoms with Gasteiger partial charge in [-0.15, -0.1) is 0 Å². The number of anilines is 3. The third-order valence-corrected chi connectivity index (χ3v) is 5.69. The van der Waals surface area contributed by atoms with Crippen LogP contribution in [0.3, 0.4) is 0 Å². The standard InChI is InChI=1S/C22H25F4N3O/c23-16-3-5-17(6-4-16)28-18-7-8-20(19(11-18)22(24,25)26)27-12-21(14-30-15-21)13-29-9-1-2-10-29/h3-8,11,27-28H,1-2,9-10,12-15H2. The highest BCUT2D eigenvalue weighted by Crippen LogP contribution is 2.38. The van der Waals surface area contributed by atoms with Crippen LogP contribution in [0.25, 0.3) is 0 Å². The lowest BCUT2D eigenvalue weighted by atomic mass is 9.85. The molecule has 162 valence electrons. The van der Waals surface area contributed by atoms with Gasteiger partial charge < -0.3 is 20.3 Å². The van der Waals surface area contributed by atoms with Gasteiger partial charge in [0.25, 0.3) is 0 Å². The van der Waals surface area contributed by atoms with Gasteiger partial charge in [0.15, 0.2) is 0 Å². The van der Waals surface area contributed by atoms with Crippen LogP contribution in [0.2, 0.25) is 0 Å². The van der Waals surface area contributed by atoms with Crippen molar-refractivity contribution in [2.45, 2.75) is 19.0 Å². The first-order valence-electron chi connectivity index (χ1n) is 10.1. The van der Waals surface area contributed by atoms with Crippen LogP contribution in [-0.2, 0) is 10.9 Å². The van der Waals surface area contributed by atoms with E-state index in [0.717, 1.165) is 25.7 Å². The third kappa shape index (κ3) is 4.87. The van der Waals surface area contributed by atoms with Crippen molar-refractivity contribution in [3.05, 3.63) is 53.8 Å². The summed E-state index contributed by atoms with van der Waals surface area (Å²) in [6.07, 6.45) is -2.16. The molecule has 30 heavy (non-hydrogen) atoms. The van der Waals surface area contributed by atoms with E-state index in [2.05, 4.69) is 15.5 Å². The maximum atomic E-state index is 13.7. The molecule has 0 aromatic heterocycles. The molecule has 2 N–H and O–H groups in total. The van der Waals surface area contributed by atoms with E-state index in [1.54, 1.807) is 6.07 Å². The van der Waals surface area contributed by atoms with Crippen molar-refractivity contribution in [1.82, 2.24) is 4.90 Å². The summed E-state index contributed by atoms with van der Waals surface area (Å²) in [6, 6.07) is 9.58. The van der Waals surface area contributed by atoms with E-state index < -0.39 is 17.6 Å². The Balaban J connectivity index is 1.48. The summed E-state index contributed by atoms with van der Waals surface area (Å²) < 4.78 is 59.6. The maximum Gasteiger partial charge on any atom is 0.418 e. The summed E-state index contributed by atoms with van der Waals surface area (Å²) in [4.78, 5) is 2.37. The second kappa shape index (κ2) is 8.43. The number of alkyl halides is 3. The summed E-state index contributed by atoms with van der Waals surface area (Å²) in [5, 5.41) is 5.92. The molecule has 0 atom stereocenters. The zero-order valence-corrected chi connectivity index (χ0v) is 16.6. The van der Waals surface area contributed by atoms with Gasteiger partial charge >= 0.3 is 6.18 Å². The molecular formula is C22H25F4N3O. The average Bonchev–Trinajstić information content (AvgIpc) is 3.18. The van der Waals surface area contributed by atoms with E-state index in [-0.39, 0.29) is 11.1 Å². The first-order chi connectivity index (χ1) is 14.3. The summed E-state index contributed by atoms with van der Waals surface area (Å²) >= 11 is 0. The minimum absolute atomic E-state index is 0.0554. The van der Waals surface area contributed by atoms with Crippen LogP contribution < -0.4 is 10.6 Å². The first kappa shape index (κ1) is 20.9. The van der Waals surface area contributed by atoms with Crippen molar-refractivity contribution < 1.29 is 22.3 Å². The molecule has 0 amide bonds. The molecule has 0 unspecified atom stereocenters. The SMILES string of the molecule is Fc1ccc(Nc2ccc(NCC3(CN4CCCC4)COC3)c(C(F)(F)F)c2)cc1. The van der Waals surface area contributed by atoms with Gasteiger partial charge in [-0.1, -0.05) is 0 Å². The van der Waals surface area contributed by atoms with Gasteiger partial charge in [0, 0.05) is 35.6 Å². The molecule has 0 bridgehead atoms. The van der Waals surface area contributed by atoms with Crippen LogP contribution >= 0.6 is 0 Å². The molecule has 2 saturated heterocycles. The second-order valence-corrected chi connectivity index (χ2v) is 8.22. The maximum absolute atomic E-state index is 13.7. The van der Waals surface area contributed by atoms with Crippen molar-refractivity contribution in [2.24, 2.45) is 5.41 Å². The lowest BCUT2D eigenvalue weighted by Crippen LogP contribution is -2.54. The Morgan fingerprint density at radius 3 is 2.23 bits per heavy atom. The van der Waals surface area contributed by atoms with Gasteiger partial charge in [0.05, 0.1) is 18.8 Å². The summed E-state index contributed by atoms with van der Waals surface area (Å²) in [5.41, 5.74) is -0.0243. The van der Waals surface area contributed by atoms with Gasteiger partial charge in [-0.05, 0) is 68.4 Å². The number of hydrogen-bond donors (Lipinski definition) is 2. The van der Waals surface area contributed by atoms with Gasteiger partial charge in [-0.25, -0.2) is 4.39 Å². The Labute approximate surface area is 173 Å². The van der Waals surface area contributed by atoms with Crippen molar-refractivity contribution in [1.29, 1.82) is 0 Å². The number of benzene rings is 2. The van der Waals surface area contributed by atoms with E-state index in [4.69, 9.17) is 4.74 Å². The molecule has 8 heteroatoms. The van der Waals surface area contributed by atoms with Crippen LogP contribution in [0.1, 0.15) is 18.4 Å². The quantitative estimate of drug-likeness (QED) is 0.607. The molecule has 2 aromatic rings. The molecule has 0 radical (unpaired) electrons. The topological polar surface area (TPSA) is 36.5 Å². The summed E-state index contributed by atoms with van der Waals surface area (Å²) in [6.45, 7) is 4.46. The van der Waals surface area contributed by atoms with Crippen molar-refractivity contribution in [3.8, 4) is 0 Å². The fourth-order valence-corrected chi connectivity index (χ4v) is 4.05. The molecule has 2 heterocycles. The predicted molar refractivity (Wildman–Crippen MR) is 109 cm³/mol. The lowest BCUT2D eigenvalue weighted by Gasteiger charge is -2.44. The molecule has 0 aliphatic carbocycles. The highest BCUT2D eigenvalue weighted by molar-refractivity contribution is 5.66. The van der Waals surface area contributed by atoms with E-state index in [9.17, 15) is 17.6 Å². The van der Waals surface area contributed by atoms with E-state index in [1.165, 1.54) is 43.2 Å².